The second-order valence-electron chi connectivity index (χ2n) is 4.35. The molecule has 1 fully saturated rings. The molecule has 2 heteroatoms. The topological polar surface area (TPSA) is 6.48 Å². The van der Waals surface area contributed by atoms with Crippen LogP contribution in [0.4, 0.5) is 0 Å². The summed E-state index contributed by atoms with van der Waals surface area (Å²) in [4.78, 5) is 4.76. The minimum Gasteiger partial charge on any atom is -0.305 e. The van der Waals surface area contributed by atoms with Crippen molar-refractivity contribution in [3.05, 3.63) is 0 Å². The lowest BCUT2D eigenvalue weighted by molar-refractivity contribution is 0.110. The highest BCUT2D eigenvalue weighted by Gasteiger charge is 2.27. The zero-order valence-electron chi connectivity index (χ0n) is 8.88. The first-order valence-electron chi connectivity index (χ1n) is 4.96. The summed E-state index contributed by atoms with van der Waals surface area (Å²) in [6.07, 6.45) is 5.56. The molecule has 1 unspecified atom stereocenters. The van der Waals surface area contributed by atoms with Crippen LogP contribution in [0.2, 0.25) is 0 Å². The zero-order chi connectivity index (χ0) is 9.14. The van der Waals surface area contributed by atoms with E-state index in [0.29, 0.717) is 0 Å². The summed E-state index contributed by atoms with van der Waals surface area (Å²) in [5, 5.41) is 0. The molecule has 1 aliphatic carbocycles. The Morgan fingerprint density at radius 1 is 0.750 bits per heavy atom. The molecule has 2 atom stereocenters. The maximum absolute atomic E-state index is 2.38. The Bertz CT molecular complexity index is 116. The van der Waals surface area contributed by atoms with Gasteiger partial charge in [0.1, 0.15) is 0 Å². The molecule has 0 saturated heterocycles. The fraction of sp³-hybridized carbons (Fsp3) is 1.00. The molecule has 0 amide bonds. The highest BCUT2D eigenvalue weighted by molar-refractivity contribution is 4.85. The molecule has 72 valence electrons. The molecule has 2 nitrogen and oxygen atoms in total. The van der Waals surface area contributed by atoms with E-state index in [0.717, 1.165) is 12.1 Å². The summed E-state index contributed by atoms with van der Waals surface area (Å²) >= 11 is 0. The molecule has 1 rings (SSSR count). The van der Waals surface area contributed by atoms with Crippen LogP contribution in [0, 0.1) is 0 Å². The van der Waals surface area contributed by atoms with Crippen molar-refractivity contribution in [2.24, 2.45) is 0 Å². The Hall–Kier alpha value is -0.0800. The van der Waals surface area contributed by atoms with Gasteiger partial charge in [0.2, 0.25) is 0 Å². The van der Waals surface area contributed by atoms with E-state index in [1.54, 1.807) is 0 Å². The van der Waals surface area contributed by atoms with Crippen LogP contribution in [0.1, 0.15) is 25.7 Å². The van der Waals surface area contributed by atoms with E-state index in [-0.39, 0.29) is 0 Å². The lowest BCUT2D eigenvalue weighted by atomic mass is 9.89. The number of rotatable bonds is 2. The van der Waals surface area contributed by atoms with E-state index in [1.165, 1.54) is 25.7 Å². The quantitative estimate of drug-likeness (QED) is 0.618. The molecule has 0 radical (unpaired) electrons. The Balaban J connectivity index is 2.54. The van der Waals surface area contributed by atoms with Crippen molar-refractivity contribution in [3.8, 4) is 0 Å². The minimum atomic E-state index is 0.772. The molecule has 0 heterocycles. The molecule has 0 bridgehead atoms. The highest BCUT2D eigenvalue weighted by Crippen LogP contribution is 2.24. The lowest BCUT2D eigenvalue weighted by Gasteiger charge is -2.39. The maximum atomic E-state index is 2.38. The molecule has 1 aliphatic rings. The summed E-state index contributed by atoms with van der Waals surface area (Å²) in [5.41, 5.74) is 0. The largest absolute Gasteiger partial charge is 0.305 e. The van der Waals surface area contributed by atoms with Gasteiger partial charge in [-0.15, -0.1) is 0 Å². The van der Waals surface area contributed by atoms with Crippen LogP contribution < -0.4 is 0 Å². The predicted octanol–water partition coefficient (Wildman–Crippen LogP) is 1.42. The Morgan fingerprint density at radius 2 is 1.08 bits per heavy atom. The Kier molecular flexibility index (Phi) is 3.53. The van der Waals surface area contributed by atoms with Gasteiger partial charge >= 0.3 is 0 Å². The van der Waals surface area contributed by atoms with Crippen molar-refractivity contribution in [2.75, 3.05) is 28.2 Å². The van der Waals surface area contributed by atoms with Crippen LogP contribution in [0.5, 0.6) is 0 Å². The Morgan fingerprint density at radius 3 is 1.33 bits per heavy atom. The standard InChI is InChI=1S/C10H22N2/c1-11(2)9-7-5-6-8-10(9)12(3)4/h9-10H,5-8H2,1-4H3/t9-,10?/m1/s1. The molecule has 0 aliphatic heterocycles. The SMILES string of the molecule is CN(C)C1CCCC[C@H]1N(C)C. The average Bonchev–Trinajstić information content (AvgIpc) is 2.04. The number of likely N-dealkylation sites (N-methyl/N-ethyl adjacent to an activating group) is 2. The number of hydrogen-bond acceptors (Lipinski definition) is 2. The van der Waals surface area contributed by atoms with Crippen molar-refractivity contribution >= 4 is 0 Å². The monoisotopic (exact) mass is 170 g/mol. The van der Waals surface area contributed by atoms with Crippen molar-refractivity contribution in [2.45, 2.75) is 37.8 Å². The second-order valence-corrected chi connectivity index (χ2v) is 4.35. The molecule has 0 N–H and O–H groups in total. The predicted molar refractivity (Wildman–Crippen MR) is 53.4 cm³/mol. The van der Waals surface area contributed by atoms with Gasteiger partial charge in [-0.3, -0.25) is 0 Å². The van der Waals surface area contributed by atoms with Gasteiger partial charge in [0, 0.05) is 12.1 Å². The maximum Gasteiger partial charge on any atom is 0.0245 e. The van der Waals surface area contributed by atoms with Crippen LogP contribution in [0.3, 0.4) is 0 Å². The smallest absolute Gasteiger partial charge is 0.0245 e. The first kappa shape index (κ1) is 10.0. The molecule has 0 aromatic carbocycles. The summed E-state index contributed by atoms with van der Waals surface area (Å²) < 4.78 is 0. The third kappa shape index (κ3) is 2.20. The van der Waals surface area contributed by atoms with Crippen molar-refractivity contribution in [1.29, 1.82) is 0 Å². The van der Waals surface area contributed by atoms with Gasteiger partial charge in [0.05, 0.1) is 0 Å². The van der Waals surface area contributed by atoms with Gasteiger partial charge < -0.3 is 9.80 Å². The van der Waals surface area contributed by atoms with Crippen LogP contribution in [0.15, 0.2) is 0 Å². The van der Waals surface area contributed by atoms with E-state index in [2.05, 4.69) is 38.0 Å². The third-order valence-electron chi connectivity index (χ3n) is 3.02. The van der Waals surface area contributed by atoms with E-state index < -0.39 is 0 Å². The average molecular weight is 170 g/mol. The van der Waals surface area contributed by atoms with Crippen LogP contribution in [0.25, 0.3) is 0 Å². The van der Waals surface area contributed by atoms with E-state index in [1.807, 2.05) is 0 Å². The summed E-state index contributed by atoms with van der Waals surface area (Å²) in [5.74, 6) is 0. The molecule has 0 spiro atoms. The molecule has 12 heavy (non-hydrogen) atoms. The zero-order valence-corrected chi connectivity index (χ0v) is 8.88. The van der Waals surface area contributed by atoms with Gasteiger partial charge in [0.25, 0.3) is 0 Å². The molecular formula is C10H22N2. The summed E-state index contributed by atoms with van der Waals surface area (Å²) in [6.45, 7) is 0. The third-order valence-corrected chi connectivity index (χ3v) is 3.02. The van der Waals surface area contributed by atoms with E-state index in [9.17, 15) is 0 Å². The second kappa shape index (κ2) is 4.24. The molecular weight excluding hydrogens is 148 g/mol. The number of nitrogens with zero attached hydrogens (tertiary/aromatic N) is 2. The number of hydrogen-bond donors (Lipinski definition) is 0. The van der Waals surface area contributed by atoms with Crippen LogP contribution >= 0.6 is 0 Å². The van der Waals surface area contributed by atoms with Crippen LogP contribution in [-0.2, 0) is 0 Å². The first-order valence-corrected chi connectivity index (χ1v) is 4.96. The molecule has 0 aromatic rings. The van der Waals surface area contributed by atoms with Crippen LogP contribution in [-0.4, -0.2) is 50.1 Å². The van der Waals surface area contributed by atoms with Gasteiger partial charge in [-0.05, 0) is 41.0 Å². The highest BCUT2D eigenvalue weighted by atomic mass is 15.2. The molecule has 1 saturated carbocycles. The van der Waals surface area contributed by atoms with Crippen molar-refractivity contribution < 1.29 is 0 Å². The van der Waals surface area contributed by atoms with E-state index in [4.69, 9.17) is 0 Å². The van der Waals surface area contributed by atoms with Crippen molar-refractivity contribution in [1.82, 2.24) is 9.80 Å². The van der Waals surface area contributed by atoms with Gasteiger partial charge in [-0.25, -0.2) is 0 Å². The lowest BCUT2D eigenvalue weighted by Crippen LogP contribution is -2.48. The normalized spacial score (nSPS) is 31.5. The van der Waals surface area contributed by atoms with Gasteiger partial charge in [0.15, 0.2) is 0 Å². The van der Waals surface area contributed by atoms with Gasteiger partial charge in [-0.1, -0.05) is 12.8 Å². The summed E-state index contributed by atoms with van der Waals surface area (Å²) in [6, 6.07) is 1.54. The van der Waals surface area contributed by atoms with E-state index >= 15 is 0 Å². The summed E-state index contributed by atoms with van der Waals surface area (Å²) in [7, 11) is 8.80. The van der Waals surface area contributed by atoms with Crippen molar-refractivity contribution in [3.63, 3.8) is 0 Å². The Labute approximate surface area is 76.5 Å². The fourth-order valence-corrected chi connectivity index (χ4v) is 2.30. The fourth-order valence-electron chi connectivity index (χ4n) is 2.30. The minimum absolute atomic E-state index is 0.772. The van der Waals surface area contributed by atoms with Gasteiger partial charge in [-0.2, -0.15) is 0 Å². The molecule has 0 aromatic heterocycles. The first-order chi connectivity index (χ1) is 5.63.